The summed E-state index contributed by atoms with van der Waals surface area (Å²) in [6.07, 6.45) is 0.846. The number of aromatic nitrogens is 1. The van der Waals surface area contributed by atoms with Gasteiger partial charge in [-0.2, -0.15) is 0 Å². The van der Waals surface area contributed by atoms with Crippen molar-refractivity contribution in [2.24, 2.45) is 0 Å². The van der Waals surface area contributed by atoms with Gasteiger partial charge >= 0.3 is 0 Å². The van der Waals surface area contributed by atoms with E-state index < -0.39 is 0 Å². The van der Waals surface area contributed by atoms with Gasteiger partial charge in [0.15, 0.2) is 5.13 Å². The summed E-state index contributed by atoms with van der Waals surface area (Å²) in [7, 11) is 5.66. The summed E-state index contributed by atoms with van der Waals surface area (Å²) in [5, 5.41) is 0.691. The summed E-state index contributed by atoms with van der Waals surface area (Å²) >= 11 is 2.89. The Kier molecular flexibility index (Phi) is 7.46. The van der Waals surface area contributed by atoms with Gasteiger partial charge in [0, 0.05) is 11.4 Å². The molecule has 0 aliphatic heterocycles. The fourth-order valence-corrected chi connectivity index (χ4v) is 4.57. The number of methoxy groups -OCH3 is 1. The average Bonchev–Trinajstić information content (AvgIpc) is 3.13. The summed E-state index contributed by atoms with van der Waals surface area (Å²) in [4.78, 5) is 22.4. The van der Waals surface area contributed by atoms with Crippen LogP contribution < -0.4 is 9.64 Å². The van der Waals surface area contributed by atoms with E-state index in [1.165, 1.54) is 35.2 Å². The van der Waals surface area contributed by atoms with Crippen LogP contribution in [0.15, 0.2) is 47.4 Å². The maximum atomic E-state index is 13.1. The number of carbonyl (C=O) groups is 1. The summed E-state index contributed by atoms with van der Waals surface area (Å²) in [5.41, 5.74) is 0.849. The van der Waals surface area contributed by atoms with E-state index >= 15 is 0 Å². The Labute approximate surface area is 178 Å². The van der Waals surface area contributed by atoms with Crippen LogP contribution in [0.1, 0.15) is 6.42 Å². The third-order valence-corrected chi connectivity index (χ3v) is 6.32. The molecule has 0 unspecified atom stereocenters. The molecular formula is C21H24FN3O2S2. The SMILES string of the molecule is COc1ccc2nc(N(CCCN(C)C)C(=O)CSc3ccc(F)cc3)sc2c1. The maximum Gasteiger partial charge on any atom is 0.239 e. The van der Waals surface area contributed by atoms with Crippen LogP contribution in [0.2, 0.25) is 0 Å². The van der Waals surface area contributed by atoms with Crippen LogP contribution in [0.4, 0.5) is 9.52 Å². The lowest BCUT2D eigenvalue weighted by atomic mass is 10.3. The summed E-state index contributed by atoms with van der Waals surface area (Å²) in [6, 6.07) is 11.9. The van der Waals surface area contributed by atoms with Gasteiger partial charge in [0.2, 0.25) is 5.91 Å². The summed E-state index contributed by atoms with van der Waals surface area (Å²) in [6.45, 7) is 1.48. The largest absolute Gasteiger partial charge is 0.497 e. The number of ether oxygens (including phenoxy) is 1. The number of hydrogen-bond donors (Lipinski definition) is 0. The number of rotatable bonds is 9. The van der Waals surface area contributed by atoms with Crippen LogP contribution in [-0.4, -0.2) is 55.8 Å². The lowest BCUT2D eigenvalue weighted by Gasteiger charge is -2.21. The highest BCUT2D eigenvalue weighted by molar-refractivity contribution is 8.00. The number of amides is 1. The molecule has 1 amide bonds. The van der Waals surface area contributed by atoms with Crippen LogP contribution >= 0.6 is 23.1 Å². The first-order chi connectivity index (χ1) is 14.0. The minimum Gasteiger partial charge on any atom is -0.497 e. The molecule has 0 atom stereocenters. The number of hydrogen-bond acceptors (Lipinski definition) is 6. The van der Waals surface area contributed by atoms with Crippen LogP contribution in [0.5, 0.6) is 5.75 Å². The van der Waals surface area contributed by atoms with Crippen molar-refractivity contribution in [1.82, 2.24) is 9.88 Å². The Morgan fingerprint density at radius 1 is 1.17 bits per heavy atom. The molecule has 0 spiro atoms. The van der Waals surface area contributed by atoms with E-state index in [4.69, 9.17) is 4.74 Å². The van der Waals surface area contributed by atoms with Gasteiger partial charge in [0.25, 0.3) is 0 Å². The number of halogens is 1. The monoisotopic (exact) mass is 433 g/mol. The van der Waals surface area contributed by atoms with Gasteiger partial charge in [0.1, 0.15) is 11.6 Å². The molecule has 0 aliphatic rings. The van der Waals surface area contributed by atoms with E-state index in [1.807, 2.05) is 32.3 Å². The molecule has 0 bridgehead atoms. The Hall–Kier alpha value is -2.16. The van der Waals surface area contributed by atoms with E-state index in [2.05, 4.69) is 9.88 Å². The minimum atomic E-state index is -0.282. The zero-order valence-electron chi connectivity index (χ0n) is 16.7. The zero-order valence-corrected chi connectivity index (χ0v) is 18.4. The number of anilines is 1. The van der Waals surface area contributed by atoms with Gasteiger partial charge < -0.3 is 9.64 Å². The standard InChI is InChI=1S/C21H24FN3O2S2/c1-24(2)11-4-12-25(20(26)14-28-17-8-5-15(22)6-9-17)21-23-18-10-7-16(27-3)13-19(18)29-21/h5-10,13H,4,11-12,14H2,1-3H3. The molecule has 154 valence electrons. The van der Waals surface area contributed by atoms with Gasteiger partial charge in [-0.15, -0.1) is 11.8 Å². The van der Waals surface area contributed by atoms with E-state index in [1.54, 1.807) is 24.1 Å². The van der Waals surface area contributed by atoms with Crippen molar-refractivity contribution < 1.29 is 13.9 Å². The summed E-state index contributed by atoms with van der Waals surface area (Å²) in [5.74, 6) is 0.748. The fraction of sp³-hybridized carbons (Fsp3) is 0.333. The smallest absolute Gasteiger partial charge is 0.239 e. The van der Waals surface area contributed by atoms with E-state index in [0.717, 1.165) is 33.8 Å². The molecule has 3 aromatic rings. The topological polar surface area (TPSA) is 45.7 Å². The molecular weight excluding hydrogens is 409 g/mol. The number of thiazole rings is 1. The maximum absolute atomic E-state index is 13.1. The van der Waals surface area contributed by atoms with Gasteiger partial charge in [-0.25, -0.2) is 9.37 Å². The van der Waals surface area contributed by atoms with Crippen molar-refractivity contribution in [3.63, 3.8) is 0 Å². The Morgan fingerprint density at radius 3 is 2.62 bits per heavy atom. The first-order valence-electron chi connectivity index (χ1n) is 9.24. The number of benzene rings is 2. The van der Waals surface area contributed by atoms with Crippen LogP contribution in [0.25, 0.3) is 10.2 Å². The highest BCUT2D eigenvalue weighted by Gasteiger charge is 2.20. The molecule has 0 fully saturated rings. The first kappa shape index (κ1) is 21.5. The molecule has 5 nitrogen and oxygen atoms in total. The zero-order chi connectivity index (χ0) is 20.8. The molecule has 1 aromatic heterocycles. The molecule has 29 heavy (non-hydrogen) atoms. The molecule has 0 saturated heterocycles. The quantitative estimate of drug-likeness (QED) is 0.464. The summed E-state index contributed by atoms with van der Waals surface area (Å²) < 4.78 is 19.4. The van der Waals surface area contributed by atoms with Gasteiger partial charge in [-0.3, -0.25) is 9.69 Å². The lowest BCUT2D eigenvalue weighted by Crippen LogP contribution is -2.34. The predicted octanol–water partition coefficient (Wildman–Crippen LogP) is 4.52. The molecule has 0 aliphatic carbocycles. The minimum absolute atomic E-state index is 0.0101. The Morgan fingerprint density at radius 2 is 1.93 bits per heavy atom. The second-order valence-electron chi connectivity index (χ2n) is 6.77. The Bertz CT molecular complexity index is 960. The van der Waals surface area contributed by atoms with Crippen molar-refractivity contribution in [3.05, 3.63) is 48.3 Å². The van der Waals surface area contributed by atoms with Crippen molar-refractivity contribution in [1.29, 1.82) is 0 Å². The third kappa shape index (κ3) is 5.91. The molecule has 8 heteroatoms. The van der Waals surface area contributed by atoms with Gasteiger partial charge in [-0.1, -0.05) is 11.3 Å². The average molecular weight is 434 g/mol. The van der Waals surface area contributed by atoms with Gasteiger partial charge in [0.05, 0.1) is 23.1 Å². The van der Waals surface area contributed by atoms with Crippen molar-refractivity contribution >= 4 is 44.4 Å². The van der Waals surface area contributed by atoms with Gasteiger partial charge in [-0.05, 0) is 69.5 Å². The van der Waals surface area contributed by atoms with Crippen LogP contribution in [-0.2, 0) is 4.79 Å². The van der Waals surface area contributed by atoms with Crippen molar-refractivity contribution in [2.45, 2.75) is 11.3 Å². The molecule has 0 saturated carbocycles. The molecule has 0 radical (unpaired) electrons. The molecule has 1 heterocycles. The Balaban J connectivity index is 1.77. The normalized spacial score (nSPS) is 11.2. The van der Waals surface area contributed by atoms with Crippen molar-refractivity contribution in [3.8, 4) is 5.75 Å². The number of carbonyl (C=O) groups excluding carboxylic acids is 1. The van der Waals surface area contributed by atoms with Crippen LogP contribution in [0, 0.1) is 5.82 Å². The highest BCUT2D eigenvalue weighted by Crippen LogP contribution is 2.32. The van der Waals surface area contributed by atoms with E-state index in [-0.39, 0.29) is 17.5 Å². The van der Waals surface area contributed by atoms with E-state index in [0.29, 0.717) is 11.7 Å². The molecule has 3 rings (SSSR count). The van der Waals surface area contributed by atoms with Crippen molar-refractivity contribution in [2.75, 3.05) is 44.9 Å². The highest BCUT2D eigenvalue weighted by atomic mass is 32.2. The number of thioether (sulfide) groups is 1. The van der Waals surface area contributed by atoms with E-state index in [9.17, 15) is 9.18 Å². The first-order valence-corrected chi connectivity index (χ1v) is 11.0. The number of fused-ring (bicyclic) bond motifs is 1. The lowest BCUT2D eigenvalue weighted by molar-refractivity contribution is -0.116. The second-order valence-corrected chi connectivity index (χ2v) is 8.83. The second kappa shape index (κ2) is 10.0. The fourth-order valence-electron chi connectivity index (χ4n) is 2.76. The van der Waals surface area contributed by atoms with Crippen LogP contribution in [0.3, 0.4) is 0 Å². The predicted molar refractivity (Wildman–Crippen MR) is 119 cm³/mol. The molecule has 0 N–H and O–H groups in total. The number of nitrogens with zero attached hydrogens (tertiary/aromatic N) is 3. The molecule has 2 aromatic carbocycles. The third-order valence-electron chi connectivity index (χ3n) is 4.28.